The predicted molar refractivity (Wildman–Crippen MR) is 84.5 cm³/mol. The molecule has 24 heavy (non-hydrogen) atoms. The van der Waals surface area contributed by atoms with Crippen LogP contribution in [0.25, 0.3) is 11.3 Å². The Hall–Kier alpha value is -2.51. The van der Waals surface area contributed by atoms with E-state index >= 15 is 0 Å². The van der Waals surface area contributed by atoms with Gasteiger partial charge in [-0.1, -0.05) is 12.1 Å². The highest BCUT2D eigenvalue weighted by Crippen LogP contribution is 2.23. The number of furan rings is 1. The maximum Gasteiger partial charge on any atom is 0.243 e. The highest BCUT2D eigenvalue weighted by Gasteiger charge is 2.18. The maximum absolute atomic E-state index is 13.6. The van der Waals surface area contributed by atoms with Crippen molar-refractivity contribution in [2.24, 2.45) is 0 Å². The van der Waals surface area contributed by atoms with Crippen LogP contribution >= 0.6 is 0 Å². The minimum atomic E-state index is -3.98. The van der Waals surface area contributed by atoms with Gasteiger partial charge in [-0.25, -0.2) is 21.9 Å². The Labute approximate surface area is 137 Å². The smallest absolute Gasteiger partial charge is 0.243 e. The molecule has 1 N–H and O–H groups in total. The Morgan fingerprint density at radius 1 is 0.917 bits per heavy atom. The lowest BCUT2D eigenvalue weighted by molar-refractivity contribution is 0.507. The van der Waals surface area contributed by atoms with E-state index in [2.05, 4.69) is 4.72 Å². The topological polar surface area (TPSA) is 59.3 Å². The van der Waals surface area contributed by atoms with Crippen molar-refractivity contribution in [3.8, 4) is 11.3 Å². The Morgan fingerprint density at radius 3 is 2.33 bits per heavy atom. The van der Waals surface area contributed by atoms with Gasteiger partial charge in [-0.2, -0.15) is 0 Å². The lowest BCUT2D eigenvalue weighted by Gasteiger charge is -2.06. The van der Waals surface area contributed by atoms with Crippen LogP contribution in [0.1, 0.15) is 5.76 Å². The molecule has 2 aromatic carbocycles. The lowest BCUT2D eigenvalue weighted by atomic mass is 10.2. The average Bonchev–Trinajstić information content (AvgIpc) is 3.03. The van der Waals surface area contributed by atoms with Crippen LogP contribution in [-0.4, -0.2) is 8.42 Å². The molecule has 1 heterocycles. The van der Waals surface area contributed by atoms with Gasteiger partial charge in [0.05, 0.1) is 6.54 Å². The van der Waals surface area contributed by atoms with Crippen molar-refractivity contribution in [3.63, 3.8) is 0 Å². The quantitative estimate of drug-likeness (QED) is 0.764. The molecule has 0 spiro atoms. The normalized spacial score (nSPS) is 11.6. The van der Waals surface area contributed by atoms with Crippen molar-refractivity contribution in [1.82, 2.24) is 4.72 Å². The van der Waals surface area contributed by atoms with E-state index in [1.54, 1.807) is 24.3 Å². The molecule has 3 rings (SSSR count). The van der Waals surface area contributed by atoms with E-state index in [-0.39, 0.29) is 12.4 Å². The summed E-state index contributed by atoms with van der Waals surface area (Å²) in [5, 5.41) is 0. The SMILES string of the molecule is O=S(=O)(NCc1ccc(-c2ccc(F)cc2)o1)c1ccccc1F. The first-order valence-electron chi connectivity index (χ1n) is 7.04. The van der Waals surface area contributed by atoms with E-state index in [1.165, 1.54) is 30.3 Å². The molecule has 0 fully saturated rings. The molecule has 1 aromatic heterocycles. The van der Waals surface area contributed by atoms with Crippen LogP contribution in [0, 0.1) is 11.6 Å². The molecule has 0 unspecified atom stereocenters. The number of nitrogens with one attached hydrogen (secondary N) is 1. The molecule has 0 saturated carbocycles. The van der Waals surface area contributed by atoms with Crippen LogP contribution in [0.3, 0.4) is 0 Å². The van der Waals surface area contributed by atoms with Crippen LogP contribution in [0.2, 0.25) is 0 Å². The van der Waals surface area contributed by atoms with Crippen LogP contribution < -0.4 is 4.72 Å². The van der Waals surface area contributed by atoms with Crippen molar-refractivity contribution in [1.29, 1.82) is 0 Å². The summed E-state index contributed by atoms with van der Waals surface area (Å²) in [5.74, 6) is -0.344. The van der Waals surface area contributed by atoms with Crippen LogP contribution in [0.4, 0.5) is 8.78 Å². The predicted octanol–water partition coefficient (Wildman–Crippen LogP) is 3.70. The molecule has 0 aliphatic rings. The molecule has 3 aromatic rings. The molecule has 0 bridgehead atoms. The van der Waals surface area contributed by atoms with Crippen molar-refractivity contribution < 1.29 is 21.6 Å². The van der Waals surface area contributed by atoms with Gasteiger partial charge in [-0.3, -0.25) is 0 Å². The zero-order valence-corrected chi connectivity index (χ0v) is 13.2. The van der Waals surface area contributed by atoms with Gasteiger partial charge in [0.15, 0.2) is 0 Å². The van der Waals surface area contributed by atoms with Crippen molar-refractivity contribution in [2.75, 3.05) is 0 Å². The molecular formula is C17H13F2NO3S. The third kappa shape index (κ3) is 3.52. The second-order valence-electron chi connectivity index (χ2n) is 5.03. The van der Waals surface area contributed by atoms with E-state index in [1.807, 2.05) is 0 Å². The van der Waals surface area contributed by atoms with E-state index in [9.17, 15) is 17.2 Å². The van der Waals surface area contributed by atoms with Gasteiger partial charge in [0.2, 0.25) is 10.0 Å². The molecule has 7 heteroatoms. The third-order valence-electron chi connectivity index (χ3n) is 3.35. The van der Waals surface area contributed by atoms with E-state index in [0.29, 0.717) is 17.1 Å². The summed E-state index contributed by atoms with van der Waals surface area (Å²) in [7, 11) is -3.98. The first kappa shape index (κ1) is 16.4. The fourth-order valence-corrected chi connectivity index (χ4v) is 3.22. The Balaban J connectivity index is 1.74. The molecule has 0 saturated heterocycles. The Kier molecular flexibility index (Phi) is 4.46. The fourth-order valence-electron chi connectivity index (χ4n) is 2.15. The van der Waals surface area contributed by atoms with E-state index < -0.39 is 20.7 Å². The third-order valence-corrected chi connectivity index (χ3v) is 4.79. The molecule has 0 amide bonds. The monoisotopic (exact) mass is 349 g/mol. The van der Waals surface area contributed by atoms with Gasteiger partial charge in [-0.15, -0.1) is 0 Å². The Morgan fingerprint density at radius 2 is 1.62 bits per heavy atom. The van der Waals surface area contributed by atoms with Crippen molar-refractivity contribution in [3.05, 3.63) is 78.1 Å². The van der Waals surface area contributed by atoms with Crippen LogP contribution in [0.5, 0.6) is 0 Å². The summed E-state index contributed by atoms with van der Waals surface area (Å²) >= 11 is 0. The number of hydrogen-bond donors (Lipinski definition) is 1. The molecule has 4 nitrogen and oxygen atoms in total. The zero-order valence-electron chi connectivity index (χ0n) is 12.4. The maximum atomic E-state index is 13.6. The Bertz CT molecular complexity index is 950. The number of benzene rings is 2. The molecular weight excluding hydrogens is 336 g/mol. The summed E-state index contributed by atoms with van der Waals surface area (Å²) < 4.78 is 58.5. The van der Waals surface area contributed by atoms with Gasteiger partial charge in [0.1, 0.15) is 28.1 Å². The first-order chi connectivity index (χ1) is 11.5. The summed E-state index contributed by atoms with van der Waals surface area (Å²) in [5.41, 5.74) is 0.666. The van der Waals surface area contributed by atoms with Gasteiger partial charge < -0.3 is 4.42 Å². The highest BCUT2D eigenvalue weighted by molar-refractivity contribution is 7.89. The van der Waals surface area contributed by atoms with Gasteiger partial charge >= 0.3 is 0 Å². The van der Waals surface area contributed by atoms with Crippen LogP contribution in [-0.2, 0) is 16.6 Å². The zero-order chi connectivity index (χ0) is 17.2. The van der Waals surface area contributed by atoms with E-state index in [0.717, 1.165) is 6.07 Å². The number of rotatable bonds is 5. The van der Waals surface area contributed by atoms with Crippen molar-refractivity contribution >= 4 is 10.0 Å². The van der Waals surface area contributed by atoms with Gasteiger partial charge in [-0.05, 0) is 48.5 Å². The minimum Gasteiger partial charge on any atom is -0.460 e. The first-order valence-corrected chi connectivity index (χ1v) is 8.53. The van der Waals surface area contributed by atoms with Gasteiger partial charge in [0, 0.05) is 5.56 Å². The molecule has 124 valence electrons. The standard InChI is InChI=1S/C17H13F2NO3S/c18-13-7-5-12(6-8-13)16-10-9-14(23-16)11-20-24(21,22)17-4-2-1-3-15(17)19/h1-10,20H,11H2. The average molecular weight is 349 g/mol. The molecule has 0 atom stereocenters. The fraction of sp³-hybridized carbons (Fsp3) is 0.0588. The molecule has 0 aliphatic carbocycles. The summed E-state index contributed by atoms with van der Waals surface area (Å²) in [6.45, 7) is -0.127. The summed E-state index contributed by atoms with van der Waals surface area (Å²) in [4.78, 5) is -0.421. The number of sulfonamides is 1. The van der Waals surface area contributed by atoms with Crippen LogP contribution in [0.15, 0.2) is 70.0 Å². The highest BCUT2D eigenvalue weighted by atomic mass is 32.2. The number of halogens is 2. The largest absolute Gasteiger partial charge is 0.460 e. The molecule has 0 aliphatic heterocycles. The summed E-state index contributed by atoms with van der Waals surface area (Å²) in [6.07, 6.45) is 0. The second-order valence-corrected chi connectivity index (χ2v) is 6.76. The molecule has 0 radical (unpaired) electrons. The van der Waals surface area contributed by atoms with Gasteiger partial charge in [0.25, 0.3) is 0 Å². The minimum absolute atomic E-state index is 0.127. The summed E-state index contributed by atoms with van der Waals surface area (Å²) in [6, 6.07) is 14.1. The van der Waals surface area contributed by atoms with Crippen molar-refractivity contribution in [2.45, 2.75) is 11.4 Å². The van der Waals surface area contributed by atoms with E-state index in [4.69, 9.17) is 4.42 Å². The number of hydrogen-bond acceptors (Lipinski definition) is 3. The lowest BCUT2D eigenvalue weighted by Crippen LogP contribution is -2.23. The second kappa shape index (κ2) is 6.54.